The Bertz CT molecular complexity index is 619. The van der Waals surface area contributed by atoms with Gasteiger partial charge in [0.05, 0.1) is 0 Å². The molecule has 1 aliphatic rings. The summed E-state index contributed by atoms with van der Waals surface area (Å²) in [6, 6.07) is 1.37. The first-order valence-electron chi connectivity index (χ1n) is 6.94. The summed E-state index contributed by atoms with van der Waals surface area (Å²) in [7, 11) is -0.316. The van der Waals surface area contributed by atoms with Gasteiger partial charge in [-0.3, -0.25) is 0 Å². The van der Waals surface area contributed by atoms with E-state index in [4.69, 9.17) is 0 Å². The molecule has 0 bridgehead atoms. The molecule has 0 spiro atoms. The predicted octanol–water partition coefficient (Wildman–Crippen LogP) is 0.751. The molecule has 0 amide bonds. The second-order valence-electron chi connectivity index (χ2n) is 5.29. The van der Waals surface area contributed by atoms with Gasteiger partial charge >= 0.3 is 5.97 Å². The summed E-state index contributed by atoms with van der Waals surface area (Å²) >= 11 is 0. The molecule has 1 aromatic rings. The van der Waals surface area contributed by atoms with Crippen molar-refractivity contribution >= 4 is 16.0 Å². The van der Waals surface area contributed by atoms with Gasteiger partial charge in [-0.05, 0) is 38.9 Å². The van der Waals surface area contributed by atoms with Gasteiger partial charge in [-0.2, -0.15) is 0 Å². The number of nitrogens with one attached hydrogen (secondary N) is 1. The molecule has 21 heavy (non-hydrogen) atoms. The van der Waals surface area contributed by atoms with Crippen molar-refractivity contribution in [2.75, 3.05) is 27.2 Å². The minimum Gasteiger partial charge on any atom is -0.477 e. The molecule has 0 aliphatic heterocycles. The number of sulfonamides is 1. The Hall–Kier alpha value is -1.38. The van der Waals surface area contributed by atoms with Gasteiger partial charge in [-0.1, -0.05) is 0 Å². The minimum absolute atomic E-state index is 0.0414. The van der Waals surface area contributed by atoms with Crippen LogP contribution in [0.25, 0.3) is 0 Å². The Labute approximate surface area is 124 Å². The molecular formula is C13H21N3O4S. The van der Waals surface area contributed by atoms with Crippen LogP contribution in [-0.4, -0.2) is 55.6 Å². The summed E-state index contributed by atoms with van der Waals surface area (Å²) in [5.41, 5.74) is 0.0414. The van der Waals surface area contributed by atoms with E-state index < -0.39 is 16.0 Å². The Morgan fingerprint density at radius 2 is 2.19 bits per heavy atom. The lowest BCUT2D eigenvalue weighted by Crippen LogP contribution is -2.29. The van der Waals surface area contributed by atoms with Crippen molar-refractivity contribution in [2.45, 2.75) is 30.2 Å². The Morgan fingerprint density at radius 3 is 2.71 bits per heavy atom. The van der Waals surface area contributed by atoms with Crippen LogP contribution >= 0.6 is 0 Å². The fraction of sp³-hybridized carbons (Fsp3) is 0.615. The molecular weight excluding hydrogens is 294 g/mol. The van der Waals surface area contributed by atoms with Crippen LogP contribution in [0.2, 0.25) is 0 Å². The van der Waals surface area contributed by atoms with Crippen LogP contribution in [0.1, 0.15) is 35.8 Å². The lowest BCUT2D eigenvalue weighted by atomic mass is 10.4. The quantitative estimate of drug-likeness (QED) is 0.691. The number of hydrogen-bond acceptors (Lipinski definition) is 4. The van der Waals surface area contributed by atoms with Crippen molar-refractivity contribution in [3.63, 3.8) is 0 Å². The molecule has 2 N–H and O–H groups in total. The molecule has 0 saturated heterocycles. The lowest BCUT2D eigenvalue weighted by molar-refractivity contribution is 0.0685. The topological polar surface area (TPSA) is 91.6 Å². The largest absolute Gasteiger partial charge is 0.477 e. The maximum atomic E-state index is 12.5. The molecule has 0 radical (unpaired) electrons. The first kappa shape index (κ1) is 16.0. The minimum atomic E-state index is -3.64. The van der Waals surface area contributed by atoms with Crippen LogP contribution < -0.4 is 5.32 Å². The van der Waals surface area contributed by atoms with Crippen molar-refractivity contribution in [2.24, 2.45) is 0 Å². The Morgan fingerprint density at radius 1 is 1.52 bits per heavy atom. The molecule has 1 aliphatic carbocycles. The third-order valence-electron chi connectivity index (χ3n) is 3.59. The van der Waals surface area contributed by atoms with Gasteiger partial charge in [0.2, 0.25) is 10.0 Å². The molecule has 1 fully saturated rings. The van der Waals surface area contributed by atoms with E-state index in [0.717, 1.165) is 19.4 Å². The molecule has 0 unspecified atom stereocenters. The maximum Gasteiger partial charge on any atom is 0.352 e. The SMILES string of the molecule is CNCCCN(C)S(=O)(=O)c1cc(C(=O)O)n(C2CC2)c1. The van der Waals surface area contributed by atoms with Crippen LogP contribution in [0.15, 0.2) is 17.2 Å². The van der Waals surface area contributed by atoms with Gasteiger partial charge in [0.1, 0.15) is 10.6 Å². The second kappa shape index (κ2) is 6.17. The van der Waals surface area contributed by atoms with Crippen LogP contribution in [0.4, 0.5) is 0 Å². The number of hydrogen-bond donors (Lipinski definition) is 2. The van der Waals surface area contributed by atoms with E-state index in [-0.39, 0.29) is 16.6 Å². The normalized spacial score (nSPS) is 15.6. The van der Waals surface area contributed by atoms with E-state index >= 15 is 0 Å². The number of aromatic nitrogens is 1. The highest BCUT2D eigenvalue weighted by atomic mass is 32.2. The van der Waals surface area contributed by atoms with Crippen molar-refractivity contribution in [1.82, 2.24) is 14.2 Å². The zero-order valence-electron chi connectivity index (χ0n) is 12.2. The number of aromatic carboxylic acids is 1. The number of carboxylic acid groups (broad SMARTS) is 1. The van der Waals surface area contributed by atoms with Crippen molar-refractivity contribution in [3.8, 4) is 0 Å². The van der Waals surface area contributed by atoms with E-state index in [0.29, 0.717) is 13.0 Å². The number of rotatable bonds is 8. The number of nitrogens with zero attached hydrogens (tertiary/aromatic N) is 2. The summed E-state index contributed by atoms with van der Waals surface area (Å²) in [5.74, 6) is -1.10. The number of carbonyl (C=O) groups is 1. The standard InChI is InChI=1S/C13H21N3O4S/c1-14-6-3-7-15(2)21(19,20)11-8-12(13(17)18)16(9-11)10-4-5-10/h8-10,14H,3-7H2,1-2H3,(H,17,18). The molecule has 1 aromatic heterocycles. The van der Waals surface area contributed by atoms with E-state index in [9.17, 15) is 18.3 Å². The van der Waals surface area contributed by atoms with Gasteiger partial charge in [-0.25, -0.2) is 17.5 Å². The summed E-state index contributed by atoms with van der Waals surface area (Å²) in [6.45, 7) is 1.11. The zero-order valence-corrected chi connectivity index (χ0v) is 13.1. The van der Waals surface area contributed by atoms with Gasteiger partial charge in [-0.15, -0.1) is 0 Å². The summed E-state index contributed by atoms with van der Waals surface area (Å²) in [6.07, 6.45) is 3.94. The first-order valence-corrected chi connectivity index (χ1v) is 8.38. The molecule has 7 nitrogen and oxygen atoms in total. The van der Waals surface area contributed by atoms with E-state index in [1.165, 1.54) is 23.6 Å². The van der Waals surface area contributed by atoms with Gasteiger partial charge in [0.25, 0.3) is 0 Å². The lowest BCUT2D eigenvalue weighted by Gasteiger charge is -2.15. The molecule has 0 atom stereocenters. The second-order valence-corrected chi connectivity index (χ2v) is 7.33. The highest BCUT2D eigenvalue weighted by molar-refractivity contribution is 7.89. The first-order chi connectivity index (χ1) is 9.87. The van der Waals surface area contributed by atoms with E-state index in [1.54, 1.807) is 4.57 Å². The van der Waals surface area contributed by atoms with E-state index in [2.05, 4.69) is 5.32 Å². The predicted molar refractivity (Wildman–Crippen MR) is 78.0 cm³/mol. The summed E-state index contributed by atoms with van der Waals surface area (Å²) < 4.78 is 27.7. The van der Waals surface area contributed by atoms with Crippen LogP contribution in [0.5, 0.6) is 0 Å². The summed E-state index contributed by atoms with van der Waals surface area (Å²) in [5, 5.41) is 12.2. The van der Waals surface area contributed by atoms with Crippen LogP contribution in [0.3, 0.4) is 0 Å². The Balaban J connectivity index is 2.23. The maximum absolute atomic E-state index is 12.5. The monoisotopic (exact) mass is 315 g/mol. The van der Waals surface area contributed by atoms with Gasteiger partial charge < -0.3 is 15.0 Å². The molecule has 2 rings (SSSR count). The zero-order chi connectivity index (χ0) is 15.6. The highest BCUT2D eigenvalue weighted by Crippen LogP contribution is 2.37. The van der Waals surface area contributed by atoms with Crippen molar-refractivity contribution < 1.29 is 18.3 Å². The fourth-order valence-corrected chi connectivity index (χ4v) is 3.44. The van der Waals surface area contributed by atoms with Crippen molar-refractivity contribution in [3.05, 3.63) is 18.0 Å². The van der Waals surface area contributed by atoms with Crippen LogP contribution in [0, 0.1) is 0 Å². The molecule has 0 aromatic carbocycles. The van der Waals surface area contributed by atoms with Gasteiger partial charge in [0, 0.05) is 25.8 Å². The fourth-order valence-electron chi connectivity index (χ4n) is 2.20. The molecule has 118 valence electrons. The average Bonchev–Trinajstić information content (AvgIpc) is 3.16. The molecule has 8 heteroatoms. The smallest absolute Gasteiger partial charge is 0.352 e. The van der Waals surface area contributed by atoms with Gasteiger partial charge in [0.15, 0.2) is 0 Å². The average molecular weight is 315 g/mol. The number of carboxylic acids is 1. The van der Waals surface area contributed by atoms with Crippen LogP contribution in [-0.2, 0) is 10.0 Å². The third kappa shape index (κ3) is 3.45. The van der Waals surface area contributed by atoms with Crippen molar-refractivity contribution in [1.29, 1.82) is 0 Å². The third-order valence-corrected chi connectivity index (χ3v) is 5.41. The molecule has 1 saturated carbocycles. The van der Waals surface area contributed by atoms with E-state index in [1.807, 2.05) is 7.05 Å². The Kier molecular flexibility index (Phi) is 4.70. The molecule has 1 heterocycles. The highest BCUT2D eigenvalue weighted by Gasteiger charge is 2.31. The summed E-state index contributed by atoms with van der Waals surface area (Å²) in [4.78, 5) is 11.3.